The molecule has 1 saturated heterocycles. The van der Waals surface area contributed by atoms with Gasteiger partial charge >= 0.3 is 0 Å². The van der Waals surface area contributed by atoms with Gasteiger partial charge in [0, 0.05) is 54.8 Å². The predicted octanol–water partition coefficient (Wildman–Crippen LogP) is 2.66. The highest BCUT2D eigenvalue weighted by Crippen LogP contribution is 2.20. The molecule has 1 heterocycles. The normalized spacial score (nSPS) is 15.9. The van der Waals surface area contributed by atoms with Crippen LogP contribution in [0, 0.1) is 11.3 Å². The summed E-state index contributed by atoms with van der Waals surface area (Å²) in [5.41, 5.74) is 0.521. The second-order valence-electron chi connectivity index (χ2n) is 4.70. The number of halogens is 2. The lowest BCUT2D eigenvalue weighted by molar-refractivity contribution is 0.0639. The summed E-state index contributed by atoms with van der Waals surface area (Å²) in [6.07, 6.45) is 0.526. The fourth-order valence-corrected chi connectivity index (χ4v) is 2.77. The van der Waals surface area contributed by atoms with E-state index in [2.05, 4.69) is 11.0 Å². The summed E-state index contributed by atoms with van der Waals surface area (Å²) in [5.74, 6) is -0.0469. The average Bonchev–Trinajstić information content (AvgIpc) is 2.44. The lowest BCUT2D eigenvalue weighted by atomic mass is 10.2. The number of hydrogen-bond acceptors (Lipinski definition) is 3. The van der Waals surface area contributed by atoms with Gasteiger partial charge in [-0.2, -0.15) is 5.26 Å². The van der Waals surface area contributed by atoms with Crippen molar-refractivity contribution < 1.29 is 4.79 Å². The fraction of sp³-hybridized carbons (Fsp3) is 0.429. The lowest BCUT2D eigenvalue weighted by Crippen LogP contribution is -2.48. The third-order valence-electron chi connectivity index (χ3n) is 3.31. The fourth-order valence-electron chi connectivity index (χ4n) is 2.24. The average molecular weight is 312 g/mol. The summed E-state index contributed by atoms with van der Waals surface area (Å²) in [5, 5.41) is 9.50. The molecule has 6 heteroatoms. The van der Waals surface area contributed by atoms with E-state index in [-0.39, 0.29) is 5.91 Å². The van der Waals surface area contributed by atoms with E-state index in [9.17, 15) is 4.79 Å². The zero-order valence-electron chi connectivity index (χ0n) is 11.0. The smallest absolute Gasteiger partial charge is 0.254 e. The van der Waals surface area contributed by atoms with Crippen molar-refractivity contribution in [2.24, 2.45) is 0 Å². The molecule has 1 fully saturated rings. The molecule has 1 aliphatic rings. The van der Waals surface area contributed by atoms with Gasteiger partial charge in [0.1, 0.15) is 0 Å². The van der Waals surface area contributed by atoms with Gasteiger partial charge in [-0.05, 0) is 18.2 Å². The number of nitrogens with zero attached hydrogens (tertiary/aromatic N) is 3. The summed E-state index contributed by atoms with van der Waals surface area (Å²) in [4.78, 5) is 16.4. The van der Waals surface area contributed by atoms with Gasteiger partial charge < -0.3 is 4.90 Å². The largest absolute Gasteiger partial charge is 0.336 e. The van der Waals surface area contributed by atoms with Crippen LogP contribution >= 0.6 is 23.2 Å². The van der Waals surface area contributed by atoms with Crippen LogP contribution in [0.15, 0.2) is 18.2 Å². The first kappa shape index (κ1) is 15.1. The Morgan fingerprint density at radius 3 is 2.30 bits per heavy atom. The Labute approximate surface area is 128 Å². The third-order valence-corrected chi connectivity index (χ3v) is 3.75. The van der Waals surface area contributed by atoms with Crippen LogP contribution in [0.2, 0.25) is 10.0 Å². The second kappa shape index (κ2) is 6.94. The van der Waals surface area contributed by atoms with Gasteiger partial charge in [0.05, 0.1) is 6.07 Å². The Morgan fingerprint density at radius 2 is 1.75 bits per heavy atom. The first-order valence-corrected chi connectivity index (χ1v) is 7.20. The molecule has 1 aromatic rings. The Kier molecular flexibility index (Phi) is 5.24. The molecule has 0 aromatic heterocycles. The van der Waals surface area contributed by atoms with Crippen molar-refractivity contribution in [3.8, 4) is 6.07 Å². The highest BCUT2D eigenvalue weighted by Gasteiger charge is 2.22. The van der Waals surface area contributed by atoms with E-state index in [1.165, 1.54) is 0 Å². The highest BCUT2D eigenvalue weighted by atomic mass is 35.5. The number of benzene rings is 1. The number of piperazine rings is 1. The molecule has 1 aromatic carbocycles. The molecular formula is C14H15Cl2N3O. The van der Waals surface area contributed by atoms with Crippen molar-refractivity contribution in [1.82, 2.24) is 9.80 Å². The van der Waals surface area contributed by atoms with Crippen molar-refractivity contribution >= 4 is 29.1 Å². The van der Waals surface area contributed by atoms with Crippen LogP contribution in [0.3, 0.4) is 0 Å². The minimum absolute atomic E-state index is 0.0469. The standard InChI is InChI=1S/C14H15Cl2N3O/c15-12-8-11(9-13(16)10-12)14(20)19-6-4-18(5-7-19)3-1-2-17/h8-10H,1,3-7H2. The van der Waals surface area contributed by atoms with Crippen LogP contribution < -0.4 is 0 Å². The van der Waals surface area contributed by atoms with Crippen molar-refractivity contribution in [3.63, 3.8) is 0 Å². The van der Waals surface area contributed by atoms with Crippen LogP contribution in [-0.2, 0) is 0 Å². The van der Waals surface area contributed by atoms with E-state index in [1.807, 2.05) is 0 Å². The Balaban J connectivity index is 1.96. The van der Waals surface area contributed by atoms with Gasteiger partial charge in [-0.15, -0.1) is 0 Å². The van der Waals surface area contributed by atoms with Crippen LogP contribution in [-0.4, -0.2) is 48.4 Å². The highest BCUT2D eigenvalue weighted by molar-refractivity contribution is 6.35. The maximum Gasteiger partial charge on any atom is 0.254 e. The molecule has 0 bridgehead atoms. The molecule has 0 radical (unpaired) electrons. The van der Waals surface area contributed by atoms with Crippen LogP contribution in [0.25, 0.3) is 0 Å². The molecule has 0 aliphatic carbocycles. The molecule has 0 atom stereocenters. The molecule has 1 aliphatic heterocycles. The molecule has 0 saturated carbocycles. The molecule has 0 N–H and O–H groups in total. The monoisotopic (exact) mass is 311 g/mol. The van der Waals surface area contributed by atoms with Gasteiger partial charge in [-0.1, -0.05) is 23.2 Å². The molecule has 0 spiro atoms. The Bertz CT molecular complexity index is 513. The van der Waals surface area contributed by atoms with Gasteiger partial charge in [0.25, 0.3) is 5.91 Å². The van der Waals surface area contributed by atoms with Crippen molar-refractivity contribution in [3.05, 3.63) is 33.8 Å². The molecule has 4 nitrogen and oxygen atoms in total. The van der Waals surface area contributed by atoms with Gasteiger partial charge in [-0.3, -0.25) is 9.69 Å². The molecule has 2 rings (SSSR count). The molecule has 0 unspecified atom stereocenters. The summed E-state index contributed by atoms with van der Waals surface area (Å²) >= 11 is 11.8. The summed E-state index contributed by atoms with van der Waals surface area (Å²) in [7, 11) is 0. The second-order valence-corrected chi connectivity index (χ2v) is 5.57. The van der Waals surface area contributed by atoms with Crippen LogP contribution in [0.5, 0.6) is 0 Å². The topological polar surface area (TPSA) is 47.3 Å². The van der Waals surface area contributed by atoms with E-state index >= 15 is 0 Å². The van der Waals surface area contributed by atoms with Crippen LogP contribution in [0.4, 0.5) is 0 Å². The molecule has 1 amide bonds. The number of amides is 1. The maximum atomic E-state index is 12.4. The van der Waals surface area contributed by atoms with Gasteiger partial charge in [-0.25, -0.2) is 0 Å². The Hall–Kier alpha value is -1.28. The predicted molar refractivity (Wildman–Crippen MR) is 79.0 cm³/mol. The maximum absolute atomic E-state index is 12.4. The number of carbonyl (C=O) groups excluding carboxylic acids is 1. The first-order valence-electron chi connectivity index (χ1n) is 6.45. The zero-order valence-corrected chi connectivity index (χ0v) is 12.5. The van der Waals surface area contributed by atoms with E-state index < -0.39 is 0 Å². The molecule has 106 valence electrons. The first-order chi connectivity index (χ1) is 9.60. The van der Waals surface area contributed by atoms with Crippen molar-refractivity contribution in [2.75, 3.05) is 32.7 Å². The van der Waals surface area contributed by atoms with Crippen LogP contribution in [0.1, 0.15) is 16.8 Å². The van der Waals surface area contributed by atoms with E-state index in [4.69, 9.17) is 28.5 Å². The number of rotatable bonds is 3. The van der Waals surface area contributed by atoms with Gasteiger partial charge in [0.15, 0.2) is 0 Å². The van der Waals surface area contributed by atoms with E-state index in [1.54, 1.807) is 23.1 Å². The minimum atomic E-state index is -0.0469. The SMILES string of the molecule is N#CCCN1CCN(C(=O)c2cc(Cl)cc(Cl)c2)CC1. The van der Waals surface area contributed by atoms with Crippen molar-refractivity contribution in [1.29, 1.82) is 5.26 Å². The summed E-state index contributed by atoms with van der Waals surface area (Å²) in [6, 6.07) is 7.02. The zero-order chi connectivity index (χ0) is 14.5. The van der Waals surface area contributed by atoms with E-state index in [0.717, 1.165) is 19.6 Å². The summed E-state index contributed by atoms with van der Waals surface area (Å²) in [6.45, 7) is 3.67. The Morgan fingerprint density at radius 1 is 1.15 bits per heavy atom. The van der Waals surface area contributed by atoms with E-state index in [0.29, 0.717) is 35.1 Å². The lowest BCUT2D eigenvalue weighted by Gasteiger charge is -2.34. The summed E-state index contributed by atoms with van der Waals surface area (Å²) < 4.78 is 0. The third kappa shape index (κ3) is 3.86. The number of carbonyl (C=O) groups is 1. The minimum Gasteiger partial charge on any atom is -0.336 e. The van der Waals surface area contributed by atoms with Gasteiger partial charge in [0.2, 0.25) is 0 Å². The molecular weight excluding hydrogens is 297 g/mol. The molecule has 20 heavy (non-hydrogen) atoms. The number of nitriles is 1. The van der Waals surface area contributed by atoms with Crippen molar-refractivity contribution in [2.45, 2.75) is 6.42 Å². The quantitative estimate of drug-likeness (QED) is 0.862. The number of hydrogen-bond donors (Lipinski definition) is 0.